The molecule has 0 aromatic heterocycles. The van der Waals surface area contributed by atoms with E-state index in [1.54, 1.807) is 0 Å². The third-order valence-electron chi connectivity index (χ3n) is 3.54. The molecule has 0 saturated carbocycles. The quantitative estimate of drug-likeness (QED) is 0.268. The van der Waals surface area contributed by atoms with Crippen LogP contribution in [0.25, 0.3) is 11.1 Å². The molecule has 0 spiro atoms. The minimum Gasteiger partial charge on any atom is -0.496 e. The SMILES string of the molecule is COCOc1ccc(-c2cc(OC)c(OS(=O)(=O)C(F)(F)F)cc2OC)cc1F. The van der Waals surface area contributed by atoms with Crippen LogP contribution in [-0.2, 0) is 14.9 Å². The van der Waals surface area contributed by atoms with Crippen molar-refractivity contribution >= 4 is 10.1 Å². The van der Waals surface area contributed by atoms with Gasteiger partial charge in [0, 0.05) is 18.7 Å². The Balaban J connectivity index is 2.51. The predicted molar refractivity (Wildman–Crippen MR) is 93.0 cm³/mol. The van der Waals surface area contributed by atoms with Gasteiger partial charge in [0.2, 0.25) is 0 Å². The molecule has 160 valence electrons. The molecule has 0 aliphatic carbocycles. The molecule has 2 aromatic carbocycles. The minimum atomic E-state index is -5.93. The lowest BCUT2D eigenvalue weighted by molar-refractivity contribution is -0.0500. The van der Waals surface area contributed by atoms with Crippen LogP contribution < -0.4 is 18.4 Å². The second-order valence-corrected chi connectivity index (χ2v) is 6.92. The highest BCUT2D eigenvalue weighted by molar-refractivity contribution is 7.88. The highest BCUT2D eigenvalue weighted by Crippen LogP contribution is 2.42. The van der Waals surface area contributed by atoms with E-state index in [1.807, 2.05) is 0 Å². The maximum absolute atomic E-state index is 14.2. The van der Waals surface area contributed by atoms with Gasteiger partial charge in [0.15, 0.2) is 29.9 Å². The summed E-state index contributed by atoms with van der Waals surface area (Å²) < 4.78 is 98.5. The summed E-state index contributed by atoms with van der Waals surface area (Å²) in [5.41, 5.74) is -5.17. The summed E-state index contributed by atoms with van der Waals surface area (Å²) >= 11 is 0. The minimum absolute atomic E-state index is 0.0804. The van der Waals surface area contributed by atoms with Crippen LogP contribution in [0.15, 0.2) is 30.3 Å². The zero-order valence-electron chi connectivity index (χ0n) is 15.4. The van der Waals surface area contributed by atoms with Gasteiger partial charge in [-0.25, -0.2) is 4.39 Å². The molecule has 0 fully saturated rings. The second-order valence-electron chi connectivity index (χ2n) is 5.38. The number of ether oxygens (including phenoxy) is 4. The van der Waals surface area contributed by atoms with Crippen LogP contribution in [-0.4, -0.2) is 42.0 Å². The van der Waals surface area contributed by atoms with Gasteiger partial charge in [0.05, 0.1) is 14.2 Å². The van der Waals surface area contributed by atoms with Gasteiger partial charge in [0.1, 0.15) is 5.75 Å². The van der Waals surface area contributed by atoms with Crippen LogP contribution in [0.1, 0.15) is 0 Å². The maximum atomic E-state index is 14.2. The number of methoxy groups -OCH3 is 3. The predicted octanol–water partition coefficient (Wildman–Crippen LogP) is 3.72. The molecule has 0 heterocycles. The van der Waals surface area contributed by atoms with Crippen LogP contribution in [0.2, 0.25) is 0 Å². The summed E-state index contributed by atoms with van der Waals surface area (Å²) in [6, 6.07) is 5.91. The molecule has 0 N–H and O–H groups in total. The molecular formula is C17H16F4O7S. The first-order valence-electron chi connectivity index (χ1n) is 7.72. The second kappa shape index (κ2) is 8.74. The largest absolute Gasteiger partial charge is 0.534 e. The van der Waals surface area contributed by atoms with E-state index in [2.05, 4.69) is 4.18 Å². The van der Waals surface area contributed by atoms with Gasteiger partial charge in [-0.1, -0.05) is 6.07 Å². The molecule has 0 aliphatic heterocycles. The smallest absolute Gasteiger partial charge is 0.496 e. The summed E-state index contributed by atoms with van der Waals surface area (Å²) in [6.07, 6.45) is 0. The Labute approximate surface area is 163 Å². The Morgan fingerprint density at radius 1 is 0.897 bits per heavy atom. The van der Waals surface area contributed by atoms with E-state index in [1.165, 1.54) is 26.4 Å². The van der Waals surface area contributed by atoms with Crippen molar-refractivity contribution in [2.24, 2.45) is 0 Å². The number of halogens is 4. The van der Waals surface area contributed by atoms with Crippen LogP contribution in [0.4, 0.5) is 17.6 Å². The number of rotatable bonds is 8. The highest BCUT2D eigenvalue weighted by Gasteiger charge is 2.49. The Morgan fingerprint density at radius 3 is 2.07 bits per heavy atom. The summed E-state index contributed by atoms with van der Waals surface area (Å²) in [4.78, 5) is 0. The van der Waals surface area contributed by atoms with E-state index in [0.717, 1.165) is 25.3 Å². The Kier molecular flexibility index (Phi) is 6.80. The lowest BCUT2D eigenvalue weighted by Gasteiger charge is -2.16. The van der Waals surface area contributed by atoms with Gasteiger partial charge in [0.25, 0.3) is 0 Å². The summed E-state index contributed by atoms with van der Waals surface area (Å²) in [7, 11) is -2.27. The van der Waals surface area contributed by atoms with Crippen molar-refractivity contribution in [1.29, 1.82) is 0 Å². The van der Waals surface area contributed by atoms with Gasteiger partial charge in [-0.05, 0) is 23.8 Å². The van der Waals surface area contributed by atoms with Gasteiger partial charge in [-0.3, -0.25) is 0 Å². The maximum Gasteiger partial charge on any atom is 0.534 e. The van der Waals surface area contributed by atoms with Gasteiger partial charge < -0.3 is 23.1 Å². The van der Waals surface area contributed by atoms with E-state index < -0.39 is 27.2 Å². The molecule has 2 rings (SSSR count). The first-order chi connectivity index (χ1) is 13.5. The zero-order valence-corrected chi connectivity index (χ0v) is 16.2. The number of alkyl halides is 3. The molecule has 0 atom stereocenters. The van der Waals surface area contributed by atoms with Crippen LogP contribution in [0.3, 0.4) is 0 Å². The third kappa shape index (κ3) is 5.01. The molecule has 2 aromatic rings. The molecule has 0 aliphatic rings. The fourth-order valence-corrected chi connectivity index (χ4v) is 2.69. The molecule has 0 amide bonds. The van der Waals surface area contributed by atoms with Crippen molar-refractivity contribution in [1.82, 2.24) is 0 Å². The van der Waals surface area contributed by atoms with E-state index in [0.29, 0.717) is 0 Å². The molecule has 0 radical (unpaired) electrons. The first-order valence-corrected chi connectivity index (χ1v) is 9.13. The number of benzene rings is 2. The molecule has 12 heteroatoms. The lowest BCUT2D eigenvalue weighted by Crippen LogP contribution is -2.28. The van der Waals surface area contributed by atoms with Crippen molar-refractivity contribution in [3.05, 3.63) is 36.1 Å². The molecule has 29 heavy (non-hydrogen) atoms. The van der Waals surface area contributed by atoms with Crippen molar-refractivity contribution in [2.75, 3.05) is 28.1 Å². The molecule has 0 unspecified atom stereocenters. The third-order valence-corrected chi connectivity index (χ3v) is 4.51. The normalized spacial score (nSPS) is 11.8. The van der Waals surface area contributed by atoms with Crippen molar-refractivity contribution < 1.29 is 49.1 Å². The van der Waals surface area contributed by atoms with E-state index >= 15 is 0 Å². The Hall–Kier alpha value is -2.73. The van der Waals surface area contributed by atoms with Gasteiger partial charge in [-0.2, -0.15) is 21.6 Å². The molecular weight excluding hydrogens is 424 g/mol. The molecule has 7 nitrogen and oxygen atoms in total. The molecule has 0 saturated heterocycles. The lowest BCUT2D eigenvalue weighted by atomic mass is 10.0. The number of hydrogen-bond acceptors (Lipinski definition) is 7. The Morgan fingerprint density at radius 2 is 1.55 bits per heavy atom. The summed E-state index contributed by atoms with van der Waals surface area (Å²) in [6.45, 7) is -0.173. The summed E-state index contributed by atoms with van der Waals surface area (Å²) in [5.74, 6) is -1.99. The Bertz CT molecular complexity index is 974. The van der Waals surface area contributed by atoms with E-state index in [9.17, 15) is 26.0 Å². The standard InChI is InChI=1S/C17H16F4O7S/c1-24-9-27-13-5-4-10(6-12(13)18)11-7-15(26-3)16(8-14(11)25-2)28-29(22,23)17(19,20)21/h4-8H,9H2,1-3H3. The van der Waals surface area contributed by atoms with Gasteiger partial charge in [-0.15, -0.1) is 0 Å². The fourth-order valence-electron chi connectivity index (χ4n) is 2.23. The van der Waals surface area contributed by atoms with Crippen LogP contribution in [0.5, 0.6) is 23.0 Å². The highest BCUT2D eigenvalue weighted by atomic mass is 32.2. The summed E-state index contributed by atoms with van der Waals surface area (Å²) in [5, 5.41) is 0. The fraction of sp³-hybridized carbons (Fsp3) is 0.294. The average molecular weight is 440 g/mol. The van der Waals surface area contributed by atoms with Crippen molar-refractivity contribution in [2.45, 2.75) is 5.51 Å². The van der Waals surface area contributed by atoms with E-state index in [-0.39, 0.29) is 35.2 Å². The first kappa shape index (κ1) is 22.6. The van der Waals surface area contributed by atoms with Crippen molar-refractivity contribution in [3.63, 3.8) is 0 Å². The topological polar surface area (TPSA) is 80.3 Å². The van der Waals surface area contributed by atoms with Crippen molar-refractivity contribution in [3.8, 4) is 34.1 Å². The van der Waals surface area contributed by atoms with Crippen LogP contribution in [0, 0.1) is 5.82 Å². The van der Waals surface area contributed by atoms with Gasteiger partial charge >= 0.3 is 15.6 Å². The zero-order chi connectivity index (χ0) is 21.8. The number of hydrogen-bond donors (Lipinski definition) is 0. The average Bonchev–Trinajstić information content (AvgIpc) is 2.65. The molecule has 0 bridgehead atoms. The monoisotopic (exact) mass is 440 g/mol. The van der Waals surface area contributed by atoms with E-state index in [4.69, 9.17) is 18.9 Å². The van der Waals surface area contributed by atoms with Crippen LogP contribution >= 0.6 is 0 Å².